The van der Waals surface area contributed by atoms with E-state index in [-0.39, 0.29) is 0 Å². The van der Waals surface area contributed by atoms with Crippen molar-refractivity contribution >= 4 is 0 Å². The van der Waals surface area contributed by atoms with Gasteiger partial charge in [0.1, 0.15) is 0 Å². The lowest BCUT2D eigenvalue weighted by atomic mass is 9.94. The van der Waals surface area contributed by atoms with Crippen LogP contribution < -0.4 is 5.32 Å². The van der Waals surface area contributed by atoms with Gasteiger partial charge >= 0.3 is 0 Å². The zero-order chi connectivity index (χ0) is 12.5. The van der Waals surface area contributed by atoms with E-state index in [0.29, 0.717) is 5.54 Å². The minimum absolute atomic E-state index is 0.387. The van der Waals surface area contributed by atoms with Gasteiger partial charge < -0.3 is 5.32 Å². The van der Waals surface area contributed by atoms with Crippen molar-refractivity contribution in [3.63, 3.8) is 0 Å². The van der Waals surface area contributed by atoms with Crippen LogP contribution in [0.4, 0.5) is 0 Å². The fourth-order valence-electron chi connectivity index (χ4n) is 3.15. The Morgan fingerprint density at radius 2 is 2.06 bits per heavy atom. The summed E-state index contributed by atoms with van der Waals surface area (Å²) < 4.78 is 0. The van der Waals surface area contributed by atoms with Crippen LogP contribution in [-0.4, -0.2) is 36.1 Å². The standard InChI is InChI=1S/C15H30N2/c1-5-12(2)10-17-11-15(4,14-6-7-14)16-9-8-13(17)3/h12-14,16H,5-11H2,1-4H3. The molecule has 2 heteroatoms. The van der Waals surface area contributed by atoms with E-state index in [2.05, 4.69) is 37.9 Å². The van der Waals surface area contributed by atoms with Gasteiger partial charge in [0, 0.05) is 24.7 Å². The Balaban J connectivity index is 2.00. The SMILES string of the molecule is CCC(C)CN1CC(C)(C2CC2)NCCC1C. The van der Waals surface area contributed by atoms with E-state index in [9.17, 15) is 0 Å². The molecule has 0 bridgehead atoms. The Labute approximate surface area is 107 Å². The molecule has 1 aliphatic carbocycles. The van der Waals surface area contributed by atoms with Gasteiger partial charge in [-0.25, -0.2) is 0 Å². The Morgan fingerprint density at radius 3 is 2.65 bits per heavy atom. The summed E-state index contributed by atoms with van der Waals surface area (Å²) in [5, 5.41) is 3.83. The van der Waals surface area contributed by atoms with Crippen molar-refractivity contribution in [3.8, 4) is 0 Å². The van der Waals surface area contributed by atoms with Crippen molar-refractivity contribution in [2.75, 3.05) is 19.6 Å². The van der Waals surface area contributed by atoms with Crippen LogP contribution >= 0.6 is 0 Å². The zero-order valence-corrected chi connectivity index (χ0v) is 12.1. The van der Waals surface area contributed by atoms with E-state index in [4.69, 9.17) is 0 Å². The molecule has 0 aromatic heterocycles. The van der Waals surface area contributed by atoms with Gasteiger partial charge in [-0.3, -0.25) is 4.90 Å². The molecule has 2 fully saturated rings. The molecule has 0 amide bonds. The number of hydrogen-bond donors (Lipinski definition) is 1. The summed E-state index contributed by atoms with van der Waals surface area (Å²) in [7, 11) is 0. The molecule has 2 rings (SSSR count). The molecule has 1 aliphatic heterocycles. The molecule has 0 radical (unpaired) electrons. The Hall–Kier alpha value is -0.0800. The molecule has 100 valence electrons. The Bertz CT molecular complexity index is 249. The Morgan fingerprint density at radius 1 is 1.35 bits per heavy atom. The van der Waals surface area contributed by atoms with Gasteiger partial charge in [0.05, 0.1) is 0 Å². The minimum Gasteiger partial charge on any atom is -0.310 e. The number of nitrogens with one attached hydrogen (secondary N) is 1. The van der Waals surface area contributed by atoms with Gasteiger partial charge in [0.2, 0.25) is 0 Å². The van der Waals surface area contributed by atoms with E-state index in [1.807, 2.05) is 0 Å². The van der Waals surface area contributed by atoms with Crippen LogP contribution in [0.3, 0.4) is 0 Å². The molecule has 1 heterocycles. The summed E-state index contributed by atoms with van der Waals surface area (Å²) in [6, 6.07) is 0.747. The largest absolute Gasteiger partial charge is 0.310 e. The number of nitrogens with zero attached hydrogens (tertiary/aromatic N) is 1. The van der Waals surface area contributed by atoms with Crippen molar-refractivity contribution in [1.82, 2.24) is 10.2 Å². The average Bonchev–Trinajstić information content (AvgIpc) is 3.10. The summed E-state index contributed by atoms with van der Waals surface area (Å²) in [6.45, 7) is 13.3. The van der Waals surface area contributed by atoms with E-state index < -0.39 is 0 Å². The second-order valence-corrected chi connectivity index (χ2v) is 6.70. The lowest BCUT2D eigenvalue weighted by Crippen LogP contribution is -2.52. The summed E-state index contributed by atoms with van der Waals surface area (Å²) in [6.07, 6.45) is 5.49. The van der Waals surface area contributed by atoms with E-state index >= 15 is 0 Å². The predicted octanol–water partition coefficient (Wildman–Crippen LogP) is 2.89. The third-order valence-corrected chi connectivity index (χ3v) is 4.97. The topological polar surface area (TPSA) is 15.3 Å². The van der Waals surface area contributed by atoms with E-state index in [1.54, 1.807) is 0 Å². The molecule has 17 heavy (non-hydrogen) atoms. The van der Waals surface area contributed by atoms with Crippen molar-refractivity contribution in [2.24, 2.45) is 11.8 Å². The van der Waals surface area contributed by atoms with E-state index in [0.717, 1.165) is 17.9 Å². The van der Waals surface area contributed by atoms with Crippen molar-refractivity contribution in [1.29, 1.82) is 0 Å². The minimum atomic E-state index is 0.387. The molecule has 3 atom stereocenters. The van der Waals surface area contributed by atoms with Crippen LogP contribution in [0, 0.1) is 11.8 Å². The molecule has 2 nitrogen and oxygen atoms in total. The van der Waals surface area contributed by atoms with Gasteiger partial charge in [-0.2, -0.15) is 0 Å². The summed E-state index contributed by atoms with van der Waals surface area (Å²) in [4.78, 5) is 2.74. The lowest BCUT2D eigenvalue weighted by molar-refractivity contribution is 0.142. The summed E-state index contributed by atoms with van der Waals surface area (Å²) in [5.74, 6) is 1.77. The quantitative estimate of drug-likeness (QED) is 0.810. The highest BCUT2D eigenvalue weighted by atomic mass is 15.2. The first-order valence-corrected chi connectivity index (χ1v) is 7.54. The molecule has 0 aromatic carbocycles. The maximum atomic E-state index is 3.83. The van der Waals surface area contributed by atoms with Crippen LogP contribution in [0.25, 0.3) is 0 Å². The third kappa shape index (κ3) is 3.23. The second kappa shape index (κ2) is 5.27. The molecule has 0 aromatic rings. The number of hydrogen-bond acceptors (Lipinski definition) is 2. The maximum Gasteiger partial charge on any atom is 0.0308 e. The van der Waals surface area contributed by atoms with Crippen molar-refractivity contribution in [3.05, 3.63) is 0 Å². The molecule has 1 N–H and O–H groups in total. The highest BCUT2D eigenvalue weighted by Gasteiger charge is 2.43. The molecule has 1 saturated heterocycles. The van der Waals surface area contributed by atoms with Crippen LogP contribution in [0.5, 0.6) is 0 Å². The summed E-state index contributed by atoms with van der Waals surface area (Å²) >= 11 is 0. The molecule has 0 spiro atoms. The highest BCUT2D eigenvalue weighted by Crippen LogP contribution is 2.41. The van der Waals surface area contributed by atoms with Crippen LogP contribution in [0.1, 0.15) is 53.4 Å². The predicted molar refractivity (Wildman–Crippen MR) is 74.2 cm³/mol. The van der Waals surface area contributed by atoms with Crippen LogP contribution in [0.2, 0.25) is 0 Å². The van der Waals surface area contributed by atoms with Gasteiger partial charge in [-0.05, 0) is 51.5 Å². The molecule has 3 unspecified atom stereocenters. The fraction of sp³-hybridized carbons (Fsp3) is 1.00. The van der Waals surface area contributed by atoms with Gasteiger partial charge in [0.25, 0.3) is 0 Å². The van der Waals surface area contributed by atoms with Crippen LogP contribution in [-0.2, 0) is 0 Å². The maximum absolute atomic E-state index is 3.83. The smallest absolute Gasteiger partial charge is 0.0308 e. The third-order valence-electron chi connectivity index (χ3n) is 4.97. The number of rotatable bonds is 4. The second-order valence-electron chi connectivity index (χ2n) is 6.70. The lowest BCUT2D eigenvalue weighted by Gasteiger charge is -2.37. The molecule has 2 aliphatic rings. The van der Waals surface area contributed by atoms with Crippen molar-refractivity contribution in [2.45, 2.75) is 65.0 Å². The molecule has 1 saturated carbocycles. The molecular weight excluding hydrogens is 208 g/mol. The normalized spacial score (nSPS) is 37.8. The first-order chi connectivity index (χ1) is 8.05. The highest BCUT2D eigenvalue weighted by molar-refractivity contribution is 5.02. The van der Waals surface area contributed by atoms with E-state index in [1.165, 1.54) is 45.3 Å². The first-order valence-electron chi connectivity index (χ1n) is 7.54. The average molecular weight is 238 g/mol. The summed E-state index contributed by atoms with van der Waals surface area (Å²) in [5.41, 5.74) is 0.387. The first kappa shape index (κ1) is 13.4. The van der Waals surface area contributed by atoms with Crippen molar-refractivity contribution < 1.29 is 0 Å². The zero-order valence-electron chi connectivity index (χ0n) is 12.1. The van der Waals surface area contributed by atoms with Gasteiger partial charge in [-0.15, -0.1) is 0 Å². The monoisotopic (exact) mass is 238 g/mol. The molecular formula is C15H30N2. The van der Waals surface area contributed by atoms with Crippen LogP contribution in [0.15, 0.2) is 0 Å². The fourth-order valence-corrected chi connectivity index (χ4v) is 3.15. The van der Waals surface area contributed by atoms with Gasteiger partial charge in [-0.1, -0.05) is 20.3 Å². The Kier molecular flexibility index (Phi) is 4.14. The van der Waals surface area contributed by atoms with Gasteiger partial charge in [0.15, 0.2) is 0 Å².